The molecule has 0 fully saturated rings. The first-order valence-corrected chi connectivity index (χ1v) is 9.32. The molecule has 0 aromatic heterocycles. The number of anilines is 1. The minimum absolute atomic E-state index is 0.0469. The zero-order valence-electron chi connectivity index (χ0n) is 13.4. The van der Waals surface area contributed by atoms with Crippen molar-refractivity contribution in [3.8, 4) is 0 Å². The first-order chi connectivity index (χ1) is 10.6. The van der Waals surface area contributed by atoms with Gasteiger partial charge in [0, 0.05) is 23.4 Å². The number of nitrogens with one attached hydrogen (secondary N) is 2. The van der Waals surface area contributed by atoms with E-state index in [1.807, 2.05) is 32.2 Å². The number of halogens is 1. The van der Waals surface area contributed by atoms with E-state index in [0.29, 0.717) is 11.4 Å². The number of rotatable bonds is 8. The van der Waals surface area contributed by atoms with Crippen LogP contribution in [-0.4, -0.2) is 35.8 Å². The van der Waals surface area contributed by atoms with Crippen LogP contribution >= 0.6 is 23.4 Å². The molecule has 0 aliphatic heterocycles. The first-order valence-electron chi connectivity index (χ1n) is 7.54. The second kappa shape index (κ2) is 9.98. The third-order valence-corrected chi connectivity index (χ3v) is 4.59. The zero-order valence-corrected chi connectivity index (χ0v) is 15.0. The highest BCUT2D eigenvalue weighted by Crippen LogP contribution is 2.29. The highest BCUT2D eigenvalue weighted by atomic mass is 35.5. The molecule has 1 unspecified atom stereocenters. The quantitative estimate of drug-likeness (QED) is 0.673. The van der Waals surface area contributed by atoms with Crippen molar-refractivity contribution in [2.45, 2.75) is 39.2 Å². The molecule has 3 N–H and O–H groups in total. The summed E-state index contributed by atoms with van der Waals surface area (Å²) in [5, 5.41) is 15.6. The number of urea groups is 1. The summed E-state index contributed by atoms with van der Waals surface area (Å²) in [6.45, 7) is 4.13. The Morgan fingerprint density at radius 1 is 1.36 bits per heavy atom. The molecular formula is C16H25ClN2O2S. The van der Waals surface area contributed by atoms with Crippen LogP contribution in [0, 0.1) is 0 Å². The standard InChI is InChI=1S/C16H25ClN2O2S/c1-4-11-6-7-14(17)13(5-2)15(11)19-16(21)18-12(8-9-20)10-22-3/h6-7,12,20H,4-5,8-10H2,1-3H3,(H2,18,19,21). The van der Waals surface area contributed by atoms with Crippen molar-refractivity contribution < 1.29 is 9.90 Å². The normalized spacial score (nSPS) is 12.0. The van der Waals surface area contributed by atoms with E-state index < -0.39 is 0 Å². The van der Waals surface area contributed by atoms with Crippen molar-refractivity contribution in [2.24, 2.45) is 0 Å². The van der Waals surface area contributed by atoms with Crippen LogP contribution in [0.15, 0.2) is 12.1 Å². The van der Waals surface area contributed by atoms with Crippen molar-refractivity contribution in [1.82, 2.24) is 5.32 Å². The molecule has 1 aromatic carbocycles. The molecule has 4 nitrogen and oxygen atoms in total. The van der Waals surface area contributed by atoms with Crippen LogP contribution in [-0.2, 0) is 12.8 Å². The summed E-state index contributed by atoms with van der Waals surface area (Å²) in [7, 11) is 0. The lowest BCUT2D eigenvalue weighted by Gasteiger charge is -2.20. The molecule has 0 heterocycles. The van der Waals surface area contributed by atoms with E-state index >= 15 is 0 Å². The second-order valence-electron chi connectivity index (χ2n) is 5.03. The number of amides is 2. The Hall–Kier alpha value is -0.910. The van der Waals surface area contributed by atoms with E-state index in [1.54, 1.807) is 11.8 Å². The molecule has 0 bridgehead atoms. The summed E-state index contributed by atoms with van der Waals surface area (Å²) in [6.07, 6.45) is 4.11. The fraction of sp³-hybridized carbons (Fsp3) is 0.562. The average Bonchev–Trinajstić information content (AvgIpc) is 2.48. The molecule has 0 spiro atoms. The van der Waals surface area contributed by atoms with Gasteiger partial charge in [-0.2, -0.15) is 11.8 Å². The number of aliphatic hydroxyl groups excluding tert-OH is 1. The predicted molar refractivity (Wildman–Crippen MR) is 96.2 cm³/mol. The van der Waals surface area contributed by atoms with E-state index in [-0.39, 0.29) is 18.7 Å². The Labute approximate surface area is 142 Å². The SMILES string of the molecule is CCc1ccc(Cl)c(CC)c1NC(=O)NC(CCO)CSC. The fourth-order valence-corrected chi connectivity index (χ4v) is 3.30. The van der Waals surface area contributed by atoms with Gasteiger partial charge in [-0.15, -0.1) is 0 Å². The zero-order chi connectivity index (χ0) is 16.5. The van der Waals surface area contributed by atoms with Gasteiger partial charge in [0.2, 0.25) is 0 Å². The Bertz CT molecular complexity index is 491. The first kappa shape index (κ1) is 19.1. The number of carbonyl (C=O) groups is 1. The maximum Gasteiger partial charge on any atom is 0.319 e. The van der Waals surface area contributed by atoms with Gasteiger partial charge in [0.25, 0.3) is 0 Å². The van der Waals surface area contributed by atoms with Crippen LogP contribution in [0.2, 0.25) is 5.02 Å². The molecule has 0 saturated carbocycles. The van der Waals surface area contributed by atoms with E-state index in [0.717, 1.165) is 35.4 Å². The molecular weight excluding hydrogens is 320 g/mol. The van der Waals surface area contributed by atoms with Crippen LogP contribution in [0.5, 0.6) is 0 Å². The van der Waals surface area contributed by atoms with Crippen molar-refractivity contribution >= 4 is 35.1 Å². The molecule has 22 heavy (non-hydrogen) atoms. The minimum Gasteiger partial charge on any atom is -0.396 e. The van der Waals surface area contributed by atoms with Crippen molar-refractivity contribution in [1.29, 1.82) is 0 Å². The van der Waals surface area contributed by atoms with Gasteiger partial charge < -0.3 is 15.7 Å². The van der Waals surface area contributed by atoms with Gasteiger partial charge in [0.05, 0.1) is 5.69 Å². The van der Waals surface area contributed by atoms with Gasteiger partial charge in [0.1, 0.15) is 0 Å². The number of thioether (sulfide) groups is 1. The topological polar surface area (TPSA) is 61.4 Å². The largest absolute Gasteiger partial charge is 0.396 e. The van der Waals surface area contributed by atoms with Gasteiger partial charge in [-0.1, -0.05) is 31.5 Å². The molecule has 0 aliphatic carbocycles. The van der Waals surface area contributed by atoms with E-state index in [4.69, 9.17) is 16.7 Å². The average molecular weight is 345 g/mol. The van der Waals surface area contributed by atoms with Gasteiger partial charge >= 0.3 is 6.03 Å². The van der Waals surface area contributed by atoms with Crippen LogP contribution in [0.1, 0.15) is 31.4 Å². The third kappa shape index (κ3) is 5.38. The van der Waals surface area contributed by atoms with Crippen molar-refractivity contribution in [3.63, 3.8) is 0 Å². The van der Waals surface area contributed by atoms with E-state index in [9.17, 15) is 4.79 Å². The highest BCUT2D eigenvalue weighted by molar-refractivity contribution is 7.98. The summed E-state index contributed by atoms with van der Waals surface area (Å²) >= 11 is 7.88. The minimum atomic E-state index is -0.251. The number of hydrogen-bond donors (Lipinski definition) is 3. The Balaban J connectivity index is 2.88. The van der Waals surface area contributed by atoms with Crippen LogP contribution < -0.4 is 10.6 Å². The maximum atomic E-state index is 12.3. The summed E-state index contributed by atoms with van der Waals surface area (Å²) in [5.74, 6) is 0.769. The summed E-state index contributed by atoms with van der Waals surface area (Å²) in [5.41, 5.74) is 2.83. The molecule has 6 heteroatoms. The molecule has 0 radical (unpaired) electrons. The molecule has 0 saturated heterocycles. The maximum absolute atomic E-state index is 12.3. The van der Waals surface area contributed by atoms with Gasteiger partial charge in [-0.05, 0) is 42.7 Å². The van der Waals surface area contributed by atoms with E-state index in [2.05, 4.69) is 10.6 Å². The molecule has 1 rings (SSSR count). The summed E-state index contributed by atoms with van der Waals surface area (Å²) in [6, 6.07) is 3.53. The summed E-state index contributed by atoms with van der Waals surface area (Å²) in [4.78, 5) is 12.3. The molecule has 1 atom stereocenters. The molecule has 124 valence electrons. The number of hydrogen-bond acceptors (Lipinski definition) is 3. The third-order valence-electron chi connectivity index (χ3n) is 3.50. The van der Waals surface area contributed by atoms with Gasteiger partial charge in [-0.3, -0.25) is 0 Å². The van der Waals surface area contributed by atoms with Crippen molar-refractivity contribution in [3.05, 3.63) is 28.3 Å². The van der Waals surface area contributed by atoms with Gasteiger partial charge in [0.15, 0.2) is 0 Å². The molecule has 2 amide bonds. The number of aryl methyl sites for hydroxylation is 1. The fourth-order valence-electron chi connectivity index (χ4n) is 2.36. The van der Waals surface area contributed by atoms with Crippen LogP contribution in [0.25, 0.3) is 0 Å². The monoisotopic (exact) mass is 344 g/mol. The summed E-state index contributed by atoms with van der Waals surface area (Å²) < 4.78 is 0. The van der Waals surface area contributed by atoms with Crippen LogP contribution in [0.4, 0.5) is 10.5 Å². The Morgan fingerprint density at radius 3 is 2.64 bits per heavy atom. The number of aliphatic hydroxyl groups is 1. The molecule has 1 aromatic rings. The lowest BCUT2D eigenvalue weighted by molar-refractivity contribution is 0.241. The smallest absolute Gasteiger partial charge is 0.319 e. The van der Waals surface area contributed by atoms with Gasteiger partial charge in [-0.25, -0.2) is 4.79 Å². The highest BCUT2D eigenvalue weighted by Gasteiger charge is 2.15. The lowest BCUT2D eigenvalue weighted by Crippen LogP contribution is -2.40. The lowest BCUT2D eigenvalue weighted by atomic mass is 10.0. The number of benzene rings is 1. The number of carbonyl (C=O) groups excluding carboxylic acids is 1. The van der Waals surface area contributed by atoms with Crippen molar-refractivity contribution in [2.75, 3.05) is 23.9 Å². The Kier molecular flexibility index (Phi) is 8.68. The van der Waals surface area contributed by atoms with E-state index in [1.165, 1.54) is 0 Å². The van der Waals surface area contributed by atoms with Crippen LogP contribution in [0.3, 0.4) is 0 Å². The second-order valence-corrected chi connectivity index (χ2v) is 6.35. The predicted octanol–water partition coefficient (Wildman–Crippen LogP) is 3.70. The Morgan fingerprint density at radius 2 is 2.09 bits per heavy atom. The molecule has 0 aliphatic rings.